The Balaban J connectivity index is 1.28. The van der Waals surface area contributed by atoms with Crippen molar-refractivity contribution in [2.24, 2.45) is 0 Å². The van der Waals surface area contributed by atoms with Crippen LogP contribution in [0.1, 0.15) is 26.2 Å². The zero-order chi connectivity index (χ0) is 29.0. The standard InChI is InChI=1S/C29H34ClN5O5S/c1-2-17-40-28(37)32-29(9-13-33(14-10-29)25-7-11-31-12-8-25)21-34-15-16-35(20-27(34)36)41(38,39)26-6-4-22-18-24(30)5-3-23(22)19-26/h3-8,11-12,18-19H,2,9-10,13-17,20-21H2,1H3,(H,32,37). The Morgan fingerprint density at radius 3 is 2.44 bits per heavy atom. The summed E-state index contributed by atoms with van der Waals surface area (Å²) >= 11 is 6.06. The number of halogens is 1. The van der Waals surface area contributed by atoms with Gasteiger partial charge in [0.1, 0.15) is 0 Å². The molecule has 0 radical (unpaired) electrons. The van der Waals surface area contributed by atoms with E-state index >= 15 is 0 Å². The summed E-state index contributed by atoms with van der Waals surface area (Å²) < 4.78 is 33.5. The van der Waals surface area contributed by atoms with Crippen molar-refractivity contribution in [3.8, 4) is 0 Å². The third-order valence-corrected chi connectivity index (χ3v) is 9.82. The molecule has 2 aromatic carbocycles. The third-order valence-electron chi connectivity index (χ3n) is 7.74. The van der Waals surface area contributed by atoms with Crippen LogP contribution in [0.25, 0.3) is 10.8 Å². The fourth-order valence-electron chi connectivity index (χ4n) is 5.45. The molecule has 1 aromatic heterocycles. The van der Waals surface area contributed by atoms with Gasteiger partial charge in [0.2, 0.25) is 15.9 Å². The maximum absolute atomic E-state index is 13.5. The van der Waals surface area contributed by atoms with E-state index in [1.807, 2.05) is 19.1 Å². The van der Waals surface area contributed by atoms with Gasteiger partial charge in [0.25, 0.3) is 0 Å². The van der Waals surface area contributed by atoms with E-state index in [1.165, 1.54) is 4.31 Å². The summed E-state index contributed by atoms with van der Waals surface area (Å²) in [5.74, 6) is -0.299. The summed E-state index contributed by atoms with van der Waals surface area (Å²) in [5, 5.41) is 5.22. The number of carbonyl (C=O) groups is 2. The summed E-state index contributed by atoms with van der Waals surface area (Å²) in [6, 6.07) is 14.0. The van der Waals surface area contributed by atoms with Crippen LogP contribution in [0.15, 0.2) is 65.8 Å². The largest absolute Gasteiger partial charge is 0.450 e. The van der Waals surface area contributed by atoms with E-state index in [2.05, 4.69) is 15.2 Å². The van der Waals surface area contributed by atoms with Gasteiger partial charge in [-0.1, -0.05) is 30.7 Å². The summed E-state index contributed by atoms with van der Waals surface area (Å²) in [6.45, 7) is 3.98. The minimum absolute atomic E-state index is 0.133. The van der Waals surface area contributed by atoms with Gasteiger partial charge in [0.05, 0.1) is 23.6 Å². The Bertz CT molecular complexity index is 1510. The highest BCUT2D eigenvalue weighted by atomic mass is 35.5. The lowest BCUT2D eigenvalue weighted by Gasteiger charge is -2.46. The Morgan fingerprint density at radius 2 is 1.73 bits per heavy atom. The number of pyridine rings is 1. The number of nitrogens with zero attached hydrogens (tertiary/aromatic N) is 4. The molecular weight excluding hydrogens is 566 g/mol. The van der Waals surface area contributed by atoms with E-state index in [4.69, 9.17) is 16.3 Å². The summed E-state index contributed by atoms with van der Waals surface area (Å²) in [4.78, 5) is 34.1. The molecule has 41 heavy (non-hydrogen) atoms. The highest BCUT2D eigenvalue weighted by Gasteiger charge is 2.41. The highest BCUT2D eigenvalue weighted by Crippen LogP contribution is 2.29. The van der Waals surface area contributed by atoms with Gasteiger partial charge in [-0.25, -0.2) is 13.2 Å². The van der Waals surface area contributed by atoms with Gasteiger partial charge in [0.15, 0.2) is 0 Å². The van der Waals surface area contributed by atoms with E-state index in [-0.39, 0.29) is 37.0 Å². The summed E-state index contributed by atoms with van der Waals surface area (Å²) in [6.07, 6.45) is 4.90. The van der Waals surface area contributed by atoms with Crippen LogP contribution in [0.2, 0.25) is 5.02 Å². The lowest BCUT2D eigenvalue weighted by Crippen LogP contribution is -2.64. The van der Waals surface area contributed by atoms with Crippen molar-refractivity contribution in [3.05, 3.63) is 65.9 Å². The lowest BCUT2D eigenvalue weighted by atomic mass is 9.86. The van der Waals surface area contributed by atoms with E-state index in [0.29, 0.717) is 44.0 Å². The number of ether oxygens (including phenoxy) is 1. The number of benzene rings is 2. The number of hydrogen-bond donors (Lipinski definition) is 1. The second-order valence-corrected chi connectivity index (χ2v) is 12.9. The van der Waals surface area contributed by atoms with Crippen molar-refractivity contribution in [2.45, 2.75) is 36.6 Å². The topological polar surface area (TPSA) is 112 Å². The molecule has 0 saturated carbocycles. The SMILES string of the molecule is CCCOC(=O)NC1(CN2CCN(S(=O)(=O)c3ccc4cc(Cl)ccc4c3)CC2=O)CCN(c2ccncc2)CC1. The van der Waals surface area contributed by atoms with Crippen molar-refractivity contribution in [1.82, 2.24) is 19.5 Å². The van der Waals surface area contributed by atoms with E-state index < -0.39 is 21.7 Å². The number of piperidine rings is 1. The second kappa shape index (κ2) is 12.2. The number of aromatic nitrogens is 1. The van der Waals surface area contributed by atoms with Gasteiger partial charge in [0, 0.05) is 55.8 Å². The molecule has 3 aromatic rings. The minimum atomic E-state index is -3.88. The van der Waals surface area contributed by atoms with Crippen molar-refractivity contribution >= 4 is 50.1 Å². The van der Waals surface area contributed by atoms with Crippen molar-refractivity contribution in [2.75, 3.05) is 50.8 Å². The highest BCUT2D eigenvalue weighted by molar-refractivity contribution is 7.89. The van der Waals surface area contributed by atoms with Crippen LogP contribution in [0, 0.1) is 0 Å². The van der Waals surface area contributed by atoms with E-state index in [9.17, 15) is 18.0 Å². The first-order chi connectivity index (χ1) is 19.7. The molecule has 2 fully saturated rings. The predicted octanol–water partition coefficient (Wildman–Crippen LogP) is 3.90. The lowest BCUT2D eigenvalue weighted by molar-refractivity contribution is -0.135. The number of fused-ring (bicyclic) bond motifs is 1. The molecule has 3 heterocycles. The Hall–Kier alpha value is -3.41. The zero-order valence-corrected chi connectivity index (χ0v) is 24.5. The predicted molar refractivity (Wildman–Crippen MR) is 157 cm³/mol. The maximum Gasteiger partial charge on any atom is 0.407 e. The molecule has 1 N–H and O–H groups in total. The Morgan fingerprint density at radius 1 is 1.02 bits per heavy atom. The minimum Gasteiger partial charge on any atom is -0.450 e. The molecule has 2 aliphatic heterocycles. The smallest absolute Gasteiger partial charge is 0.407 e. The fourth-order valence-corrected chi connectivity index (χ4v) is 7.04. The van der Waals surface area contributed by atoms with Crippen LogP contribution in [-0.4, -0.2) is 86.0 Å². The molecule has 0 atom stereocenters. The quantitative estimate of drug-likeness (QED) is 0.418. The molecule has 5 rings (SSSR count). The summed E-state index contributed by atoms with van der Waals surface area (Å²) in [5.41, 5.74) is 0.360. The van der Waals surface area contributed by atoms with Gasteiger partial charge in [-0.15, -0.1) is 0 Å². The van der Waals surface area contributed by atoms with Crippen molar-refractivity contribution in [3.63, 3.8) is 0 Å². The van der Waals surface area contributed by atoms with Crippen LogP contribution in [0.4, 0.5) is 10.5 Å². The fraction of sp³-hybridized carbons (Fsp3) is 0.414. The van der Waals surface area contributed by atoms with Crippen molar-refractivity contribution in [1.29, 1.82) is 0 Å². The number of piperazine rings is 1. The molecule has 0 unspecified atom stereocenters. The van der Waals surface area contributed by atoms with Crippen LogP contribution in [-0.2, 0) is 19.6 Å². The van der Waals surface area contributed by atoms with Gasteiger partial charge >= 0.3 is 6.09 Å². The van der Waals surface area contributed by atoms with Crippen molar-refractivity contribution < 1.29 is 22.7 Å². The third kappa shape index (κ3) is 6.58. The first-order valence-corrected chi connectivity index (χ1v) is 15.6. The number of hydrogen-bond acceptors (Lipinski definition) is 7. The molecule has 12 heteroatoms. The van der Waals surface area contributed by atoms with Gasteiger partial charge < -0.3 is 19.9 Å². The van der Waals surface area contributed by atoms with Crippen LogP contribution in [0.3, 0.4) is 0 Å². The summed E-state index contributed by atoms with van der Waals surface area (Å²) in [7, 11) is -3.88. The molecule has 10 nitrogen and oxygen atoms in total. The normalized spacial score (nSPS) is 18.0. The first kappa shape index (κ1) is 29.1. The number of sulfonamides is 1. The maximum atomic E-state index is 13.5. The molecule has 2 aliphatic rings. The zero-order valence-electron chi connectivity index (χ0n) is 23.0. The molecule has 2 saturated heterocycles. The number of rotatable bonds is 8. The van der Waals surface area contributed by atoms with E-state index in [1.54, 1.807) is 53.7 Å². The number of amides is 2. The number of carbonyl (C=O) groups excluding carboxylic acids is 2. The molecule has 0 spiro atoms. The van der Waals surface area contributed by atoms with Crippen LogP contribution < -0.4 is 10.2 Å². The van der Waals surface area contributed by atoms with Crippen LogP contribution >= 0.6 is 11.6 Å². The number of nitrogens with one attached hydrogen (secondary N) is 1. The monoisotopic (exact) mass is 599 g/mol. The average molecular weight is 600 g/mol. The van der Waals surface area contributed by atoms with Gasteiger partial charge in [-0.2, -0.15) is 4.31 Å². The molecule has 218 valence electrons. The Kier molecular flexibility index (Phi) is 8.67. The Labute approximate surface area is 245 Å². The molecular formula is C29H34ClN5O5S. The second-order valence-electron chi connectivity index (χ2n) is 10.5. The molecule has 0 aliphatic carbocycles. The number of anilines is 1. The number of alkyl carbamates (subject to hydrolysis) is 1. The molecule has 0 bridgehead atoms. The first-order valence-electron chi connectivity index (χ1n) is 13.8. The van der Waals surface area contributed by atoms with Gasteiger partial charge in [-0.3, -0.25) is 9.78 Å². The molecule has 2 amide bonds. The van der Waals surface area contributed by atoms with Gasteiger partial charge in [-0.05, 0) is 66.4 Å². The van der Waals surface area contributed by atoms with Crippen LogP contribution in [0.5, 0.6) is 0 Å². The average Bonchev–Trinajstić information content (AvgIpc) is 2.97. The van der Waals surface area contributed by atoms with E-state index in [0.717, 1.165) is 16.5 Å².